The fraction of sp³-hybridized carbons (Fsp3) is 0.600. The van der Waals surface area contributed by atoms with Gasteiger partial charge < -0.3 is 15.6 Å². The summed E-state index contributed by atoms with van der Waals surface area (Å²) in [5.74, 6) is 0. The number of hydrogen-bond donors (Lipinski definition) is 2. The quantitative estimate of drug-likeness (QED) is 0.841. The minimum absolute atomic E-state index is 0.0762. The van der Waals surface area contributed by atoms with Gasteiger partial charge >= 0.3 is 0 Å². The summed E-state index contributed by atoms with van der Waals surface area (Å²) in [6.07, 6.45) is 1.05. The zero-order valence-electron chi connectivity index (χ0n) is 11.3. The van der Waals surface area contributed by atoms with E-state index in [0.29, 0.717) is 6.04 Å². The van der Waals surface area contributed by atoms with E-state index in [0.717, 1.165) is 19.5 Å². The number of ether oxygens (including phenoxy) is 1. The first kappa shape index (κ1) is 13.1. The maximum Gasteiger partial charge on any atom is 0.0936 e. The lowest BCUT2D eigenvalue weighted by molar-refractivity contribution is -0.106. The van der Waals surface area contributed by atoms with Crippen LogP contribution in [0.2, 0.25) is 0 Å². The number of aliphatic hydroxyl groups excluding tert-OH is 1. The first-order chi connectivity index (χ1) is 9.19. The van der Waals surface area contributed by atoms with Crippen molar-refractivity contribution in [1.29, 1.82) is 0 Å². The summed E-state index contributed by atoms with van der Waals surface area (Å²) in [5.41, 5.74) is 8.86. The van der Waals surface area contributed by atoms with Crippen molar-refractivity contribution in [2.24, 2.45) is 5.73 Å². The molecule has 1 heterocycles. The van der Waals surface area contributed by atoms with Crippen LogP contribution in [0.25, 0.3) is 0 Å². The Hall–Kier alpha value is -0.940. The lowest BCUT2D eigenvalue weighted by Gasteiger charge is -2.39. The van der Waals surface area contributed by atoms with Crippen molar-refractivity contribution < 1.29 is 9.84 Å². The van der Waals surface area contributed by atoms with Crippen molar-refractivity contribution in [1.82, 2.24) is 4.90 Å². The van der Waals surface area contributed by atoms with Crippen LogP contribution in [0.5, 0.6) is 0 Å². The molecule has 1 aliphatic heterocycles. The Labute approximate surface area is 114 Å². The molecule has 1 aromatic rings. The van der Waals surface area contributed by atoms with E-state index in [4.69, 9.17) is 10.5 Å². The van der Waals surface area contributed by atoms with Crippen LogP contribution in [-0.2, 0) is 4.74 Å². The van der Waals surface area contributed by atoms with E-state index in [1.165, 1.54) is 11.1 Å². The van der Waals surface area contributed by atoms with E-state index >= 15 is 0 Å². The van der Waals surface area contributed by atoms with Gasteiger partial charge in [0.15, 0.2) is 0 Å². The molecule has 4 atom stereocenters. The summed E-state index contributed by atoms with van der Waals surface area (Å²) in [5, 5.41) is 9.34. The van der Waals surface area contributed by atoms with E-state index < -0.39 is 0 Å². The predicted octanol–water partition coefficient (Wildman–Crippen LogP) is 1.21. The number of hydrogen-bond acceptors (Lipinski definition) is 4. The molecular formula is C15H22N2O2. The van der Waals surface area contributed by atoms with Gasteiger partial charge in [0.2, 0.25) is 0 Å². The van der Waals surface area contributed by atoms with Gasteiger partial charge in [-0.15, -0.1) is 0 Å². The van der Waals surface area contributed by atoms with Crippen molar-refractivity contribution >= 4 is 0 Å². The minimum Gasteiger partial charge on any atom is -0.394 e. The Morgan fingerprint density at radius 1 is 1.32 bits per heavy atom. The molecule has 4 nitrogen and oxygen atoms in total. The molecule has 104 valence electrons. The Kier molecular flexibility index (Phi) is 3.58. The molecule has 2 aliphatic rings. The Morgan fingerprint density at radius 3 is 2.79 bits per heavy atom. The Balaban J connectivity index is 1.83. The lowest BCUT2D eigenvalue weighted by Crippen LogP contribution is -2.48. The van der Waals surface area contributed by atoms with Gasteiger partial charge in [-0.25, -0.2) is 0 Å². The smallest absolute Gasteiger partial charge is 0.0936 e. The zero-order valence-corrected chi connectivity index (χ0v) is 11.3. The SMILES string of the molecule is CC1CN(C2CC(N)c3ccccc32)CC(CO)O1. The van der Waals surface area contributed by atoms with E-state index in [2.05, 4.69) is 36.1 Å². The molecule has 0 aromatic heterocycles. The second-order valence-corrected chi connectivity index (χ2v) is 5.69. The van der Waals surface area contributed by atoms with E-state index in [1.54, 1.807) is 0 Å². The number of fused-ring (bicyclic) bond motifs is 1. The first-order valence-corrected chi connectivity index (χ1v) is 7.03. The third-order valence-electron chi connectivity index (χ3n) is 4.23. The summed E-state index contributed by atoms with van der Waals surface area (Å²) < 4.78 is 5.72. The monoisotopic (exact) mass is 262 g/mol. The molecule has 1 fully saturated rings. The topological polar surface area (TPSA) is 58.7 Å². The van der Waals surface area contributed by atoms with Gasteiger partial charge in [0.25, 0.3) is 0 Å². The van der Waals surface area contributed by atoms with Crippen LogP contribution >= 0.6 is 0 Å². The number of rotatable bonds is 2. The number of nitrogens with two attached hydrogens (primary N) is 1. The minimum atomic E-state index is -0.0762. The lowest BCUT2D eigenvalue weighted by atomic mass is 10.0. The molecule has 19 heavy (non-hydrogen) atoms. The third-order valence-corrected chi connectivity index (χ3v) is 4.23. The van der Waals surface area contributed by atoms with Crippen molar-refractivity contribution in [3.05, 3.63) is 35.4 Å². The highest BCUT2D eigenvalue weighted by molar-refractivity contribution is 5.37. The van der Waals surface area contributed by atoms with Crippen LogP contribution in [0.3, 0.4) is 0 Å². The standard InChI is InChI=1S/C15H22N2O2/c1-10-7-17(8-11(9-18)19-10)15-6-14(16)12-4-2-3-5-13(12)15/h2-5,10-11,14-15,18H,6-9,16H2,1H3. The van der Waals surface area contributed by atoms with E-state index in [1.807, 2.05) is 0 Å². The first-order valence-electron chi connectivity index (χ1n) is 7.03. The zero-order chi connectivity index (χ0) is 13.4. The van der Waals surface area contributed by atoms with Gasteiger partial charge in [-0.05, 0) is 24.5 Å². The fourth-order valence-electron chi connectivity index (χ4n) is 3.43. The van der Waals surface area contributed by atoms with Gasteiger partial charge in [-0.2, -0.15) is 0 Å². The molecule has 1 aliphatic carbocycles. The second-order valence-electron chi connectivity index (χ2n) is 5.69. The summed E-state index contributed by atoms with van der Waals surface area (Å²) in [7, 11) is 0. The molecule has 3 N–H and O–H groups in total. The highest BCUT2D eigenvalue weighted by Crippen LogP contribution is 2.41. The van der Waals surface area contributed by atoms with Crippen molar-refractivity contribution in [3.63, 3.8) is 0 Å². The molecule has 0 amide bonds. The van der Waals surface area contributed by atoms with Crippen molar-refractivity contribution in [3.8, 4) is 0 Å². The number of nitrogens with zero attached hydrogens (tertiary/aromatic N) is 1. The van der Waals surface area contributed by atoms with Gasteiger partial charge in [0.05, 0.1) is 18.8 Å². The van der Waals surface area contributed by atoms with Crippen molar-refractivity contribution in [2.45, 2.75) is 37.6 Å². The molecule has 1 aromatic carbocycles. The molecule has 0 bridgehead atoms. The van der Waals surface area contributed by atoms with Crippen LogP contribution in [0.1, 0.15) is 36.6 Å². The largest absolute Gasteiger partial charge is 0.394 e. The highest BCUT2D eigenvalue weighted by atomic mass is 16.5. The average molecular weight is 262 g/mol. The molecule has 4 heteroatoms. The van der Waals surface area contributed by atoms with Gasteiger partial charge in [0, 0.05) is 25.2 Å². The molecule has 3 rings (SSSR count). The molecule has 4 unspecified atom stereocenters. The maximum absolute atomic E-state index is 9.34. The van der Waals surface area contributed by atoms with Gasteiger partial charge in [-0.3, -0.25) is 4.90 Å². The molecule has 0 radical (unpaired) electrons. The molecule has 1 saturated heterocycles. The summed E-state index contributed by atoms with van der Waals surface area (Å²) in [4.78, 5) is 2.42. The molecule has 0 saturated carbocycles. The predicted molar refractivity (Wildman–Crippen MR) is 73.7 cm³/mol. The Morgan fingerprint density at radius 2 is 2.05 bits per heavy atom. The summed E-state index contributed by atoms with van der Waals surface area (Å²) in [6.45, 7) is 3.84. The molecular weight excluding hydrogens is 240 g/mol. The number of morpholine rings is 1. The van der Waals surface area contributed by atoms with Crippen LogP contribution < -0.4 is 5.73 Å². The van der Waals surface area contributed by atoms with Crippen LogP contribution in [0.15, 0.2) is 24.3 Å². The number of aliphatic hydroxyl groups is 1. The van der Waals surface area contributed by atoms with Crippen LogP contribution in [0, 0.1) is 0 Å². The number of benzene rings is 1. The third kappa shape index (κ3) is 2.41. The fourth-order valence-corrected chi connectivity index (χ4v) is 3.43. The summed E-state index contributed by atoms with van der Waals surface area (Å²) in [6, 6.07) is 8.95. The normalized spacial score (nSPS) is 35.3. The van der Waals surface area contributed by atoms with Gasteiger partial charge in [0.1, 0.15) is 0 Å². The van der Waals surface area contributed by atoms with Crippen LogP contribution in [-0.4, -0.2) is 41.9 Å². The van der Waals surface area contributed by atoms with E-state index in [-0.39, 0.29) is 24.9 Å². The Bertz CT molecular complexity index is 452. The van der Waals surface area contributed by atoms with Gasteiger partial charge in [-0.1, -0.05) is 24.3 Å². The maximum atomic E-state index is 9.34. The average Bonchev–Trinajstić information content (AvgIpc) is 2.76. The highest BCUT2D eigenvalue weighted by Gasteiger charge is 2.36. The van der Waals surface area contributed by atoms with Crippen molar-refractivity contribution in [2.75, 3.05) is 19.7 Å². The van der Waals surface area contributed by atoms with E-state index in [9.17, 15) is 5.11 Å². The molecule has 0 spiro atoms. The summed E-state index contributed by atoms with van der Waals surface area (Å²) >= 11 is 0. The second kappa shape index (κ2) is 5.21. The van der Waals surface area contributed by atoms with Crippen LogP contribution in [0.4, 0.5) is 0 Å².